The number of carbonyl (C=O) groups excluding carboxylic acids is 1. The van der Waals surface area contributed by atoms with E-state index in [1.165, 1.54) is 0 Å². The van der Waals surface area contributed by atoms with Crippen LogP contribution in [0.2, 0.25) is 0 Å². The first-order chi connectivity index (χ1) is 4.57. The Labute approximate surface area is 58.6 Å². The van der Waals surface area contributed by atoms with Crippen LogP contribution in [0.5, 0.6) is 0 Å². The second kappa shape index (κ2) is 2.21. The van der Waals surface area contributed by atoms with Crippen LogP contribution in [-0.2, 0) is 4.79 Å². The molecule has 0 radical (unpaired) electrons. The molecule has 0 aliphatic heterocycles. The number of nitrogens with two attached hydrogens (primary N) is 1. The third-order valence-corrected chi connectivity index (χ3v) is 1.95. The van der Waals surface area contributed by atoms with Crippen LogP contribution < -0.4 is 5.73 Å². The molecule has 4 N–H and O–H groups in total. The van der Waals surface area contributed by atoms with Crippen LogP contribution in [-0.4, -0.2) is 28.3 Å². The maximum absolute atomic E-state index is 10.4. The first-order valence-electron chi connectivity index (χ1n) is 3.20. The van der Waals surface area contributed by atoms with E-state index in [0.29, 0.717) is 12.8 Å². The SMILES string of the molecule is NC(=O)C1CC(O)(CO)C1. The van der Waals surface area contributed by atoms with Gasteiger partial charge < -0.3 is 15.9 Å². The Morgan fingerprint density at radius 1 is 1.70 bits per heavy atom. The molecule has 0 unspecified atom stereocenters. The number of primary amides is 1. The standard InChI is InChI=1S/C6H11NO3/c7-5(9)4-1-6(10,2-4)3-8/h4,8,10H,1-3H2,(H2,7,9). The normalized spacial score (nSPS) is 38.8. The van der Waals surface area contributed by atoms with Gasteiger partial charge in [0.15, 0.2) is 0 Å². The van der Waals surface area contributed by atoms with Crippen LogP contribution in [0, 0.1) is 5.92 Å². The second-order valence-electron chi connectivity index (χ2n) is 2.89. The van der Waals surface area contributed by atoms with Crippen molar-refractivity contribution in [3.05, 3.63) is 0 Å². The Bertz CT molecular complexity index is 151. The van der Waals surface area contributed by atoms with E-state index in [0.717, 1.165) is 0 Å². The number of aliphatic hydroxyl groups is 2. The first-order valence-corrected chi connectivity index (χ1v) is 3.20. The third kappa shape index (κ3) is 1.12. The molecule has 1 saturated carbocycles. The van der Waals surface area contributed by atoms with Crippen molar-refractivity contribution in [3.8, 4) is 0 Å². The number of rotatable bonds is 2. The fourth-order valence-electron chi connectivity index (χ4n) is 1.19. The Morgan fingerprint density at radius 2 is 2.20 bits per heavy atom. The Morgan fingerprint density at radius 3 is 2.50 bits per heavy atom. The second-order valence-corrected chi connectivity index (χ2v) is 2.89. The lowest BCUT2D eigenvalue weighted by Gasteiger charge is -2.40. The van der Waals surface area contributed by atoms with Gasteiger partial charge in [-0.2, -0.15) is 0 Å². The molecule has 0 spiro atoms. The summed E-state index contributed by atoms with van der Waals surface area (Å²) >= 11 is 0. The molecule has 0 heterocycles. The first kappa shape index (κ1) is 7.50. The highest BCUT2D eigenvalue weighted by Crippen LogP contribution is 2.36. The van der Waals surface area contributed by atoms with Gasteiger partial charge >= 0.3 is 0 Å². The third-order valence-electron chi connectivity index (χ3n) is 1.95. The molecule has 0 saturated heterocycles. The fourth-order valence-corrected chi connectivity index (χ4v) is 1.19. The molecule has 4 heteroatoms. The fraction of sp³-hybridized carbons (Fsp3) is 0.833. The van der Waals surface area contributed by atoms with Gasteiger partial charge in [-0.15, -0.1) is 0 Å². The summed E-state index contributed by atoms with van der Waals surface area (Å²) in [7, 11) is 0. The lowest BCUT2D eigenvalue weighted by atomic mass is 9.71. The summed E-state index contributed by atoms with van der Waals surface area (Å²) in [4.78, 5) is 10.4. The Balaban J connectivity index is 2.36. The summed E-state index contributed by atoms with van der Waals surface area (Å²) in [5, 5.41) is 17.7. The van der Waals surface area contributed by atoms with Crippen molar-refractivity contribution in [2.24, 2.45) is 11.7 Å². The molecule has 0 bridgehead atoms. The highest BCUT2D eigenvalue weighted by atomic mass is 16.3. The van der Waals surface area contributed by atoms with Crippen molar-refractivity contribution in [3.63, 3.8) is 0 Å². The largest absolute Gasteiger partial charge is 0.393 e. The Kier molecular flexibility index (Phi) is 1.66. The molecule has 1 aliphatic rings. The van der Waals surface area contributed by atoms with Crippen LogP contribution in [0.4, 0.5) is 0 Å². The molecule has 4 nitrogen and oxygen atoms in total. The van der Waals surface area contributed by atoms with Crippen LogP contribution in [0.15, 0.2) is 0 Å². The summed E-state index contributed by atoms with van der Waals surface area (Å²) < 4.78 is 0. The highest BCUT2D eigenvalue weighted by Gasteiger charge is 2.44. The highest BCUT2D eigenvalue weighted by molar-refractivity contribution is 5.78. The lowest BCUT2D eigenvalue weighted by molar-refractivity contribution is -0.144. The molecule has 58 valence electrons. The predicted octanol–water partition coefficient (Wildman–Crippen LogP) is -1.39. The quantitative estimate of drug-likeness (QED) is 0.447. The van der Waals surface area contributed by atoms with Crippen molar-refractivity contribution in [1.29, 1.82) is 0 Å². The zero-order valence-corrected chi connectivity index (χ0v) is 5.58. The minimum absolute atomic E-state index is 0.239. The van der Waals surface area contributed by atoms with E-state index in [-0.39, 0.29) is 12.5 Å². The maximum atomic E-state index is 10.4. The molecule has 1 fully saturated rings. The molecule has 0 atom stereocenters. The summed E-state index contributed by atoms with van der Waals surface area (Å²) in [5.74, 6) is -0.629. The van der Waals surface area contributed by atoms with Crippen molar-refractivity contribution in [1.82, 2.24) is 0 Å². The lowest BCUT2D eigenvalue weighted by Crippen LogP contribution is -2.51. The molecule has 0 aromatic heterocycles. The zero-order valence-electron chi connectivity index (χ0n) is 5.58. The molecular formula is C6H11NO3. The average molecular weight is 145 g/mol. The van der Waals surface area contributed by atoms with E-state index >= 15 is 0 Å². The molecule has 1 rings (SSSR count). The van der Waals surface area contributed by atoms with Gasteiger partial charge in [0, 0.05) is 5.92 Å². The average Bonchev–Trinajstić information content (AvgIpc) is 1.80. The van der Waals surface area contributed by atoms with Gasteiger partial charge in [-0.3, -0.25) is 4.79 Å². The topological polar surface area (TPSA) is 83.6 Å². The number of aliphatic hydroxyl groups excluding tert-OH is 1. The summed E-state index contributed by atoms with van der Waals surface area (Å²) in [6.45, 7) is -0.281. The smallest absolute Gasteiger partial charge is 0.220 e. The number of amides is 1. The van der Waals surface area contributed by atoms with E-state index in [1.54, 1.807) is 0 Å². The van der Waals surface area contributed by atoms with E-state index in [4.69, 9.17) is 10.8 Å². The Hall–Kier alpha value is -0.610. The van der Waals surface area contributed by atoms with Gasteiger partial charge in [0.05, 0.1) is 12.2 Å². The van der Waals surface area contributed by atoms with Crippen LogP contribution in [0.1, 0.15) is 12.8 Å². The van der Waals surface area contributed by atoms with Gasteiger partial charge in [0.1, 0.15) is 0 Å². The molecule has 0 aromatic carbocycles. The van der Waals surface area contributed by atoms with Crippen LogP contribution in [0.25, 0.3) is 0 Å². The minimum atomic E-state index is -1.03. The number of hydrogen-bond donors (Lipinski definition) is 3. The maximum Gasteiger partial charge on any atom is 0.220 e. The van der Waals surface area contributed by atoms with Gasteiger partial charge in [0.2, 0.25) is 5.91 Å². The van der Waals surface area contributed by atoms with Crippen LogP contribution in [0.3, 0.4) is 0 Å². The molecule has 10 heavy (non-hydrogen) atoms. The van der Waals surface area contributed by atoms with Gasteiger partial charge in [-0.05, 0) is 12.8 Å². The molecule has 0 aromatic rings. The monoisotopic (exact) mass is 145 g/mol. The number of hydrogen-bond acceptors (Lipinski definition) is 3. The summed E-state index contributed by atoms with van der Waals surface area (Å²) in [5.41, 5.74) is 3.91. The molecule has 1 amide bonds. The van der Waals surface area contributed by atoms with Crippen molar-refractivity contribution < 1.29 is 15.0 Å². The predicted molar refractivity (Wildman–Crippen MR) is 34.0 cm³/mol. The van der Waals surface area contributed by atoms with Gasteiger partial charge in [-0.1, -0.05) is 0 Å². The van der Waals surface area contributed by atoms with Crippen molar-refractivity contribution in [2.75, 3.05) is 6.61 Å². The van der Waals surface area contributed by atoms with Crippen LogP contribution >= 0.6 is 0 Å². The summed E-state index contributed by atoms with van der Waals surface area (Å²) in [6, 6.07) is 0. The van der Waals surface area contributed by atoms with Crippen molar-refractivity contribution >= 4 is 5.91 Å². The number of carbonyl (C=O) groups is 1. The van der Waals surface area contributed by atoms with Gasteiger partial charge in [-0.25, -0.2) is 0 Å². The van der Waals surface area contributed by atoms with Gasteiger partial charge in [0.25, 0.3) is 0 Å². The zero-order chi connectivity index (χ0) is 7.78. The summed E-state index contributed by atoms with van der Waals surface area (Å²) in [6.07, 6.45) is 0.609. The minimum Gasteiger partial charge on any atom is -0.393 e. The van der Waals surface area contributed by atoms with E-state index < -0.39 is 11.5 Å². The van der Waals surface area contributed by atoms with E-state index in [1.807, 2.05) is 0 Å². The van der Waals surface area contributed by atoms with E-state index in [9.17, 15) is 9.90 Å². The van der Waals surface area contributed by atoms with Crippen molar-refractivity contribution in [2.45, 2.75) is 18.4 Å². The van der Waals surface area contributed by atoms with E-state index in [2.05, 4.69) is 0 Å². The molecular weight excluding hydrogens is 134 g/mol. The molecule has 1 aliphatic carbocycles.